The van der Waals surface area contributed by atoms with E-state index in [1.807, 2.05) is 0 Å². The normalized spacial score (nSPS) is 12.5. The minimum absolute atomic E-state index is 0.228. The van der Waals surface area contributed by atoms with Crippen molar-refractivity contribution in [2.75, 3.05) is 0 Å². The van der Waals surface area contributed by atoms with Gasteiger partial charge >= 0.3 is 392 Å². The third kappa shape index (κ3) is 6.07. The van der Waals surface area contributed by atoms with Crippen LogP contribution in [0.3, 0.4) is 0 Å². The molecule has 0 nitrogen and oxygen atoms in total. The summed E-state index contributed by atoms with van der Waals surface area (Å²) in [4.78, 5) is 0. The fourth-order valence-electron chi connectivity index (χ4n) is 15.1. The van der Waals surface area contributed by atoms with Crippen LogP contribution in [0.25, 0.3) is 181 Å². The van der Waals surface area contributed by atoms with Gasteiger partial charge in [0.15, 0.2) is 0 Å². The van der Waals surface area contributed by atoms with Crippen molar-refractivity contribution < 1.29 is 0 Å². The number of hydrogen-bond acceptors (Lipinski definition) is 0. The molecule has 2 aromatic heterocycles. The average molecular weight is 1140 g/mol. The van der Waals surface area contributed by atoms with Crippen LogP contribution in [0.5, 0.6) is 0 Å². The standard InChI is InChI=1S/C78H48Se2/c1-41-15-9-16-42(2)73(41)51-31-33-53-61-39-65-63(35-57(61)47-23-11-21-45(51)75(47)53)59(49-25-13-29-71-77(49)55-19-5-7-27-69(55)79-71)37-68-66-40-62-54-34-32-52(74-43(3)17-10-18-44(74)4)46-22-12-24-48(76(46)54)58(62)36-64(66)60(38-67(65)68)50-26-14-30-72-78(50)56-20-6-8-28-70(56)80-72/h5-40H,1-4H3. The Bertz CT molecular complexity index is 5140. The molecule has 0 radical (unpaired) electrons. The Morgan fingerprint density at radius 3 is 0.900 bits per heavy atom. The summed E-state index contributed by atoms with van der Waals surface area (Å²) in [6, 6.07) is 85.4. The van der Waals surface area contributed by atoms with Gasteiger partial charge in [-0.1, -0.05) is 36.4 Å². The summed E-state index contributed by atoms with van der Waals surface area (Å²) in [6.45, 7) is 9.05. The molecule has 2 aliphatic rings. The van der Waals surface area contributed by atoms with E-state index in [2.05, 4.69) is 246 Å². The van der Waals surface area contributed by atoms with Crippen molar-refractivity contribution in [2.45, 2.75) is 27.7 Å². The zero-order valence-corrected chi connectivity index (χ0v) is 48.0. The molecule has 0 atom stereocenters. The van der Waals surface area contributed by atoms with Crippen molar-refractivity contribution in [3.05, 3.63) is 241 Å². The Morgan fingerprint density at radius 2 is 0.475 bits per heavy atom. The van der Waals surface area contributed by atoms with Gasteiger partial charge in [-0.3, -0.25) is 0 Å². The van der Waals surface area contributed by atoms with Gasteiger partial charge in [0.05, 0.1) is 0 Å². The second kappa shape index (κ2) is 16.5. The van der Waals surface area contributed by atoms with E-state index in [-0.39, 0.29) is 29.0 Å². The van der Waals surface area contributed by atoms with Gasteiger partial charge < -0.3 is 0 Å². The summed E-state index contributed by atoms with van der Waals surface area (Å²) in [5.41, 5.74) is 26.4. The van der Waals surface area contributed by atoms with Gasteiger partial charge in [0.2, 0.25) is 0 Å². The van der Waals surface area contributed by atoms with E-state index < -0.39 is 0 Å². The quantitative estimate of drug-likeness (QED) is 0.122. The molecule has 2 aliphatic carbocycles. The maximum atomic E-state index is 2.61. The topological polar surface area (TPSA) is 0 Å². The predicted molar refractivity (Wildman–Crippen MR) is 347 cm³/mol. The molecule has 0 aliphatic heterocycles. The van der Waals surface area contributed by atoms with E-state index in [1.165, 1.54) is 204 Å². The zero-order chi connectivity index (χ0) is 52.8. The molecule has 18 rings (SSSR count). The van der Waals surface area contributed by atoms with Gasteiger partial charge in [0.25, 0.3) is 0 Å². The second-order valence-electron chi connectivity index (χ2n) is 22.7. The van der Waals surface area contributed by atoms with Gasteiger partial charge in [-0.25, -0.2) is 0 Å². The molecule has 372 valence electrons. The Balaban J connectivity index is 1.00. The molecular weight excluding hydrogens is 1090 g/mol. The first kappa shape index (κ1) is 45.3. The Kier molecular flexibility index (Phi) is 9.34. The first-order chi connectivity index (χ1) is 39.3. The molecule has 0 fully saturated rings. The van der Waals surface area contributed by atoms with Crippen LogP contribution in [-0.2, 0) is 0 Å². The molecule has 0 N–H and O–H groups in total. The van der Waals surface area contributed by atoms with Crippen LogP contribution in [-0.4, -0.2) is 29.0 Å². The van der Waals surface area contributed by atoms with Crippen LogP contribution >= 0.6 is 0 Å². The Morgan fingerprint density at radius 1 is 0.188 bits per heavy atom. The summed E-state index contributed by atoms with van der Waals surface area (Å²) in [5, 5.41) is 18.7. The van der Waals surface area contributed by atoms with E-state index in [0.717, 1.165) is 0 Å². The Hall–Kier alpha value is -8.58. The molecule has 2 heterocycles. The summed E-state index contributed by atoms with van der Waals surface area (Å²) < 4.78 is 5.86. The van der Waals surface area contributed by atoms with Gasteiger partial charge in [0, 0.05) is 0 Å². The van der Waals surface area contributed by atoms with Gasteiger partial charge in [0.1, 0.15) is 0 Å². The van der Waals surface area contributed by atoms with Crippen molar-refractivity contribution in [2.24, 2.45) is 0 Å². The van der Waals surface area contributed by atoms with Crippen molar-refractivity contribution in [1.82, 2.24) is 0 Å². The number of aryl methyl sites for hydroxylation is 4. The number of rotatable bonds is 4. The molecule has 0 bridgehead atoms. The van der Waals surface area contributed by atoms with Gasteiger partial charge in [-0.15, -0.1) is 0 Å². The van der Waals surface area contributed by atoms with E-state index in [4.69, 9.17) is 0 Å². The monoisotopic (exact) mass is 1140 g/mol. The molecule has 14 aromatic carbocycles. The van der Waals surface area contributed by atoms with E-state index in [0.29, 0.717) is 0 Å². The van der Waals surface area contributed by atoms with Crippen LogP contribution in [0.2, 0.25) is 0 Å². The maximum absolute atomic E-state index is 2.61. The average Bonchev–Trinajstić information content (AvgIpc) is 3.74. The molecule has 0 amide bonds. The van der Waals surface area contributed by atoms with Crippen LogP contribution in [0.1, 0.15) is 22.3 Å². The molecule has 2 heteroatoms. The molecule has 0 spiro atoms. The van der Waals surface area contributed by atoms with Gasteiger partial charge in [-0.05, 0) is 49.9 Å². The van der Waals surface area contributed by atoms with E-state index in [1.54, 1.807) is 0 Å². The SMILES string of the molecule is Cc1cccc(C)c1-c1ccc2c3c(cccc13)-c1cc3c(-c4cccc5[se]c6ccccc6c45)cc4c5cc6c(cc5c(-c5cccc7[se]c8ccccc8c57)cc4c3cc1-2)-c1cccc2c(-c3c(C)cccc3C)ccc-6c12. The van der Waals surface area contributed by atoms with Crippen molar-refractivity contribution in [3.8, 4) is 89.0 Å². The fraction of sp³-hybridized carbons (Fsp3) is 0.0513. The Labute approximate surface area is 475 Å². The zero-order valence-electron chi connectivity index (χ0n) is 44.6. The molecule has 16 aromatic rings. The fourth-order valence-corrected chi connectivity index (χ4v) is 19.8. The van der Waals surface area contributed by atoms with Crippen LogP contribution in [0.15, 0.2) is 218 Å². The van der Waals surface area contributed by atoms with E-state index >= 15 is 0 Å². The van der Waals surface area contributed by atoms with Crippen LogP contribution in [0, 0.1) is 27.7 Å². The van der Waals surface area contributed by atoms with Crippen molar-refractivity contribution in [1.29, 1.82) is 0 Å². The summed E-state index contributed by atoms with van der Waals surface area (Å²) in [6.07, 6.45) is 0. The molecular formula is C78H48Se2. The van der Waals surface area contributed by atoms with Gasteiger partial charge in [-0.2, -0.15) is 0 Å². The van der Waals surface area contributed by atoms with Crippen molar-refractivity contribution in [3.63, 3.8) is 0 Å². The third-order valence-electron chi connectivity index (χ3n) is 18.5. The summed E-state index contributed by atoms with van der Waals surface area (Å²) in [5.74, 6) is 0. The molecule has 0 unspecified atom stereocenters. The second-order valence-corrected chi connectivity index (χ2v) is 27.2. The van der Waals surface area contributed by atoms with Crippen LogP contribution in [0.4, 0.5) is 0 Å². The number of benzene rings is 14. The first-order valence-corrected chi connectivity index (χ1v) is 31.4. The number of fused-ring (bicyclic) bond motifs is 17. The first-order valence-electron chi connectivity index (χ1n) is 28.0. The van der Waals surface area contributed by atoms with Crippen molar-refractivity contribution >= 4 is 121 Å². The van der Waals surface area contributed by atoms with Crippen LogP contribution < -0.4 is 0 Å². The molecule has 0 saturated carbocycles. The summed E-state index contributed by atoms with van der Waals surface area (Å²) in [7, 11) is 0. The summed E-state index contributed by atoms with van der Waals surface area (Å²) >= 11 is 0.457. The van der Waals surface area contributed by atoms with E-state index in [9.17, 15) is 0 Å². The molecule has 80 heavy (non-hydrogen) atoms. The molecule has 0 saturated heterocycles. The third-order valence-corrected chi connectivity index (χ3v) is 23.2. The minimum atomic E-state index is 0.228. The predicted octanol–water partition coefficient (Wildman–Crippen LogP) is 21.4. The number of hydrogen-bond donors (Lipinski definition) is 0.